The van der Waals surface area contributed by atoms with Gasteiger partial charge in [-0.15, -0.1) is 0 Å². The second-order valence-corrected chi connectivity index (χ2v) is 0.268. The van der Waals surface area contributed by atoms with Crippen LogP contribution in [0.3, 0.4) is 0 Å². The van der Waals surface area contributed by atoms with Gasteiger partial charge in [-0.2, -0.15) is 0 Å². The number of rotatable bonds is 0. The van der Waals surface area contributed by atoms with E-state index in [1.54, 1.807) is 0 Å². The summed E-state index contributed by atoms with van der Waals surface area (Å²) in [6, 6.07) is 0. The second-order valence-electron chi connectivity index (χ2n) is 0.268. The molecule has 6 N–H and O–H groups in total. The zero-order chi connectivity index (χ0) is 8.12. The first-order valence-corrected chi connectivity index (χ1v) is 1.20. The molecule has 0 saturated heterocycles. The summed E-state index contributed by atoms with van der Waals surface area (Å²) in [7, 11) is 0. The van der Waals surface area contributed by atoms with E-state index in [4.69, 9.17) is 33.2 Å². The van der Waals surface area contributed by atoms with E-state index in [2.05, 4.69) is 0 Å². The van der Waals surface area contributed by atoms with Gasteiger partial charge >= 0.3 is 0 Å². The first-order valence-electron chi connectivity index (χ1n) is 1.20. The van der Waals surface area contributed by atoms with E-state index < -0.39 is 0 Å². The van der Waals surface area contributed by atoms with Gasteiger partial charge < -0.3 is 51.6 Å². The molecular weight excluding hydrogens is 227 g/mol. The Morgan fingerprint density at radius 3 is 0.462 bits per heavy atom. The monoisotopic (exact) mass is 233 g/mol. The van der Waals surface area contributed by atoms with Crippen LogP contribution in [0, 0.1) is 0 Å². The fourth-order valence-corrected chi connectivity index (χ4v) is 0. The molecule has 81 valence electrons. The predicted octanol–water partition coefficient (Wildman–Crippen LogP) is 4.75. The van der Waals surface area contributed by atoms with Gasteiger partial charge in [0.25, 0.3) is 0 Å². The Balaban J connectivity index is -0.00000000720. The van der Waals surface area contributed by atoms with Crippen molar-refractivity contribution in [2.45, 2.75) is 0 Å². The Hall–Kier alpha value is -1.68. The standard InChI is InChI=1S/Co.3N3.3H2N/c;3*1-3-2;;;/h;;;;3*1H2/q;6*-1. The van der Waals surface area contributed by atoms with Crippen LogP contribution in [0.1, 0.15) is 0 Å². The third-order valence-corrected chi connectivity index (χ3v) is 0. The van der Waals surface area contributed by atoms with Crippen LogP contribution >= 0.6 is 0 Å². The molecule has 1 radical (unpaired) electrons. The molecule has 0 bridgehead atoms. The van der Waals surface area contributed by atoms with Crippen LogP contribution in [0.15, 0.2) is 0 Å². The number of hydrogen-bond acceptors (Lipinski definition) is 0. The summed E-state index contributed by atoms with van der Waals surface area (Å²) in [5.41, 5.74) is 40.5. The van der Waals surface area contributed by atoms with Gasteiger partial charge in [-0.1, -0.05) is 0 Å². The van der Waals surface area contributed by atoms with Crippen LogP contribution in [0.5, 0.6) is 0 Å². The van der Waals surface area contributed by atoms with E-state index in [9.17, 15) is 0 Å². The van der Waals surface area contributed by atoms with E-state index in [0.717, 1.165) is 0 Å². The van der Waals surface area contributed by atoms with Crippen LogP contribution < -0.4 is 0 Å². The maximum atomic E-state index is 6.75. The summed E-state index contributed by atoms with van der Waals surface area (Å²) >= 11 is 0. The molecule has 0 aromatic heterocycles. The normalized spacial score (nSPS) is 1.85. The molecule has 0 aromatic rings. The average molecular weight is 233 g/mol. The van der Waals surface area contributed by atoms with Gasteiger partial charge in [-0.25, -0.2) is 0 Å². The molecule has 0 aliphatic heterocycles. The van der Waals surface area contributed by atoms with Crippen LogP contribution in [0.4, 0.5) is 0 Å². The molecule has 12 nitrogen and oxygen atoms in total. The summed E-state index contributed by atoms with van der Waals surface area (Å²) in [5.74, 6) is 0. The summed E-state index contributed by atoms with van der Waals surface area (Å²) in [6.45, 7) is 0. The number of nitrogens with zero attached hydrogens (tertiary/aromatic N) is 9. The molecule has 0 aromatic carbocycles. The van der Waals surface area contributed by atoms with E-state index in [0.29, 0.717) is 0 Å². The Labute approximate surface area is 83.9 Å². The smallest absolute Gasteiger partial charge is 0 e. The summed E-state index contributed by atoms with van der Waals surface area (Å²) in [6.07, 6.45) is 0. The van der Waals surface area contributed by atoms with Crippen molar-refractivity contribution in [2.24, 2.45) is 0 Å². The fraction of sp³-hybridized carbons (Fsp3) is 0. The summed E-state index contributed by atoms with van der Waals surface area (Å²) in [5, 5.41) is 0. The van der Waals surface area contributed by atoms with Crippen LogP contribution in [0.2, 0.25) is 0 Å². The van der Waals surface area contributed by atoms with Crippen molar-refractivity contribution in [3.8, 4) is 0 Å². The molecule has 0 unspecified atom stereocenters. The second kappa shape index (κ2) is 517. The molecule has 0 saturated carbocycles. The third-order valence-electron chi connectivity index (χ3n) is 0. The summed E-state index contributed by atoms with van der Waals surface area (Å²) in [4.78, 5) is 4.50. The van der Waals surface area contributed by atoms with Gasteiger partial charge in [0, 0.05) is 16.8 Å². The molecule has 0 spiro atoms. The van der Waals surface area contributed by atoms with Gasteiger partial charge in [-0.3, -0.25) is 14.7 Å². The number of nitrogens with two attached hydrogens (primary N) is 3. The molecule has 0 aliphatic rings. The van der Waals surface area contributed by atoms with E-state index >= 15 is 0 Å². The Morgan fingerprint density at radius 1 is 0.462 bits per heavy atom. The van der Waals surface area contributed by atoms with Gasteiger partial charge in [0.1, 0.15) is 0 Å². The largest absolute Gasteiger partial charge is 0.693 e. The molecule has 0 heterocycles. The van der Waals surface area contributed by atoms with E-state index in [-0.39, 0.29) is 35.2 Å². The molecule has 0 rings (SSSR count). The van der Waals surface area contributed by atoms with Crippen LogP contribution in [-0.4, -0.2) is 0 Å². The molecular formula is H6CoN12-6. The van der Waals surface area contributed by atoms with E-state index in [1.165, 1.54) is 14.7 Å². The van der Waals surface area contributed by atoms with E-state index in [1.807, 2.05) is 0 Å². The van der Waals surface area contributed by atoms with Crippen LogP contribution in [0.25, 0.3) is 66.4 Å². The van der Waals surface area contributed by atoms with Crippen molar-refractivity contribution < 1.29 is 16.8 Å². The van der Waals surface area contributed by atoms with Gasteiger partial charge in [0.2, 0.25) is 0 Å². The van der Waals surface area contributed by atoms with Crippen molar-refractivity contribution in [2.75, 3.05) is 0 Å². The van der Waals surface area contributed by atoms with Crippen molar-refractivity contribution in [1.82, 2.24) is 0 Å². The predicted molar refractivity (Wildman–Crippen MR) is 46.1 cm³/mol. The number of hydrogen-bond donors (Lipinski definition) is 0. The molecule has 0 fully saturated rings. The average Bonchev–Trinajstić information content (AvgIpc) is 1.70. The minimum atomic E-state index is 0. The minimum absolute atomic E-state index is 0. The maximum absolute atomic E-state index is 6.75. The van der Waals surface area contributed by atoms with Gasteiger partial charge in [0.15, 0.2) is 0 Å². The molecule has 0 atom stereocenters. The van der Waals surface area contributed by atoms with Crippen molar-refractivity contribution >= 4 is 0 Å². The Morgan fingerprint density at radius 2 is 0.462 bits per heavy atom. The topological polar surface area (TPSA) is 277 Å². The quantitative estimate of drug-likeness (QED) is 0.310. The summed E-state index contributed by atoms with van der Waals surface area (Å²) < 4.78 is 0. The van der Waals surface area contributed by atoms with Gasteiger partial charge in [-0.05, 0) is 0 Å². The first kappa shape index (κ1) is 64.6. The molecule has 0 aliphatic carbocycles. The van der Waals surface area contributed by atoms with Gasteiger partial charge in [0.05, 0.1) is 0 Å². The molecule has 13 heavy (non-hydrogen) atoms. The van der Waals surface area contributed by atoms with Crippen molar-refractivity contribution in [1.29, 1.82) is 0 Å². The first-order chi connectivity index (χ1) is 4.24. The fourth-order valence-electron chi connectivity index (χ4n) is 0. The SMILES string of the molecule is [Co].[N-]=[N+]=[N-].[N-]=[N+]=[N-].[N-]=[N+]=[N-].[NH2-].[NH2-].[NH2-]. The molecule has 13 heteroatoms. The van der Waals surface area contributed by atoms with Crippen molar-refractivity contribution in [3.05, 3.63) is 66.4 Å². The Bertz CT molecular complexity index is 96.7. The minimum Gasteiger partial charge on any atom is -0.693 e. The Kier molecular flexibility index (Phi) is 2570. The zero-order valence-corrected chi connectivity index (χ0v) is 7.13. The third kappa shape index (κ3) is 252. The maximum Gasteiger partial charge on any atom is 0 e. The zero-order valence-electron chi connectivity index (χ0n) is 6.09. The van der Waals surface area contributed by atoms with Crippen LogP contribution in [-0.2, 0) is 16.8 Å². The molecule has 0 amide bonds. The van der Waals surface area contributed by atoms with Crippen molar-refractivity contribution in [3.63, 3.8) is 0 Å².